The molecule has 0 aliphatic carbocycles. The molecule has 0 atom stereocenters. The Morgan fingerprint density at radius 3 is 0.378 bits per heavy atom. The number of hydrogen-bond donors (Lipinski definition) is 0. The Hall–Kier alpha value is -3.52. The molecule has 6 aromatic rings. The molecule has 6 heterocycles. The second-order valence-electron chi connectivity index (χ2n) is 7.53. The SMILES string of the molecule is [Eu].c1cc[n+](-[n+]2ccccc2)cc1.c1cc[n+](-[n+]2ccccc2)cc1.c1cc[n+](-[n+]2ccccc2)cc1. The molecule has 0 aromatic carbocycles. The molecule has 37 heavy (non-hydrogen) atoms. The second kappa shape index (κ2) is 16.3. The van der Waals surface area contributed by atoms with Gasteiger partial charge < -0.3 is 0 Å². The van der Waals surface area contributed by atoms with Gasteiger partial charge in [0.15, 0.2) is 0 Å². The molecule has 7 heteroatoms. The first-order chi connectivity index (χ1) is 17.9. The largest absolute Gasteiger partial charge is 0.242 e. The van der Waals surface area contributed by atoms with Crippen LogP contribution in [0, 0.1) is 49.4 Å². The van der Waals surface area contributed by atoms with Gasteiger partial charge in [-0.3, -0.25) is 0 Å². The Labute approximate surface area is 258 Å². The van der Waals surface area contributed by atoms with Crippen molar-refractivity contribution in [3.63, 3.8) is 0 Å². The van der Waals surface area contributed by atoms with Crippen molar-refractivity contribution in [1.29, 1.82) is 0 Å². The van der Waals surface area contributed by atoms with Crippen LogP contribution in [0.15, 0.2) is 184 Å². The Balaban J connectivity index is 0.000000152. The van der Waals surface area contributed by atoms with Crippen LogP contribution in [0.1, 0.15) is 0 Å². The summed E-state index contributed by atoms with van der Waals surface area (Å²) in [5.41, 5.74) is 0. The van der Waals surface area contributed by atoms with Gasteiger partial charge in [0.25, 0.3) is 0 Å². The van der Waals surface area contributed by atoms with Crippen LogP contribution in [0.2, 0.25) is 0 Å². The molecular formula is C30H30EuN6+6. The zero-order valence-electron chi connectivity index (χ0n) is 20.4. The molecule has 0 bridgehead atoms. The third kappa shape index (κ3) is 9.46. The first kappa shape index (κ1) is 28.1. The molecule has 6 nitrogen and oxygen atoms in total. The summed E-state index contributed by atoms with van der Waals surface area (Å²) in [5, 5.41) is 0. The zero-order valence-corrected chi connectivity index (χ0v) is 22.8. The van der Waals surface area contributed by atoms with Crippen molar-refractivity contribution in [2.24, 2.45) is 0 Å². The van der Waals surface area contributed by atoms with Crippen molar-refractivity contribution in [1.82, 2.24) is 0 Å². The van der Waals surface area contributed by atoms with Gasteiger partial charge in [-0.15, -0.1) is 0 Å². The Morgan fingerprint density at radius 1 is 0.162 bits per heavy atom. The van der Waals surface area contributed by atoms with Crippen molar-refractivity contribution in [2.45, 2.75) is 0 Å². The van der Waals surface area contributed by atoms with Crippen LogP contribution in [0.25, 0.3) is 0 Å². The van der Waals surface area contributed by atoms with E-state index in [1.54, 1.807) is 0 Å². The number of rotatable bonds is 3. The average molecular weight is 627 g/mol. The van der Waals surface area contributed by atoms with Gasteiger partial charge in [0.05, 0.1) is 28.1 Å². The minimum atomic E-state index is 0. The van der Waals surface area contributed by atoms with Gasteiger partial charge in [-0.2, -0.15) is 0 Å². The molecule has 0 saturated heterocycles. The van der Waals surface area contributed by atoms with E-state index in [1.165, 1.54) is 0 Å². The fourth-order valence-electron chi connectivity index (χ4n) is 3.26. The van der Waals surface area contributed by atoms with E-state index >= 15 is 0 Å². The molecule has 0 amide bonds. The molecule has 1 radical (unpaired) electrons. The fraction of sp³-hybridized carbons (Fsp3) is 0. The third-order valence-electron chi connectivity index (χ3n) is 5.00. The molecule has 0 aliphatic heterocycles. The van der Waals surface area contributed by atoms with E-state index in [4.69, 9.17) is 0 Å². The van der Waals surface area contributed by atoms with Gasteiger partial charge in [-0.05, 0) is 36.4 Å². The van der Waals surface area contributed by atoms with Gasteiger partial charge in [0.1, 0.15) is 0 Å². The van der Waals surface area contributed by atoms with Crippen LogP contribution >= 0.6 is 0 Å². The number of pyridine rings is 6. The van der Waals surface area contributed by atoms with E-state index in [0.717, 1.165) is 0 Å². The van der Waals surface area contributed by atoms with Gasteiger partial charge in [0, 0.05) is 122 Å². The maximum Gasteiger partial charge on any atom is 0.242 e. The van der Waals surface area contributed by atoms with Crippen LogP contribution in [-0.2, 0) is 0 Å². The molecule has 0 unspecified atom stereocenters. The molecule has 0 aliphatic rings. The topological polar surface area (TPSA) is 23.3 Å². The van der Waals surface area contributed by atoms with Crippen molar-refractivity contribution in [2.75, 3.05) is 0 Å². The predicted octanol–water partition coefficient (Wildman–Crippen LogP) is 1.72. The second-order valence-corrected chi connectivity index (χ2v) is 7.53. The first-order valence-electron chi connectivity index (χ1n) is 11.7. The van der Waals surface area contributed by atoms with E-state index in [9.17, 15) is 0 Å². The van der Waals surface area contributed by atoms with E-state index in [0.29, 0.717) is 0 Å². The normalized spacial score (nSPS) is 9.41. The smallest absolute Gasteiger partial charge is 0.0499 e. The predicted molar refractivity (Wildman–Crippen MR) is 132 cm³/mol. The third-order valence-corrected chi connectivity index (χ3v) is 5.00. The summed E-state index contributed by atoms with van der Waals surface area (Å²) in [6.07, 6.45) is 24.0. The summed E-state index contributed by atoms with van der Waals surface area (Å²) >= 11 is 0. The summed E-state index contributed by atoms with van der Waals surface area (Å²) < 4.78 is 12.0. The fourth-order valence-corrected chi connectivity index (χ4v) is 3.26. The van der Waals surface area contributed by atoms with Gasteiger partial charge >= 0.3 is 0 Å². The number of aromatic nitrogens is 6. The van der Waals surface area contributed by atoms with E-state index < -0.39 is 0 Å². The van der Waals surface area contributed by atoms with Crippen LogP contribution < -0.4 is 28.1 Å². The van der Waals surface area contributed by atoms with Crippen LogP contribution in [0.4, 0.5) is 0 Å². The Morgan fingerprint density at radius 2 is 0.270 bits per heavy atom. The van der Waals surface area contributed by atoms with Crippen molar-refractivity contribution >= 4 is 0 Å². The molecule has 6 aromatic heterocycles. The van der Waals surface area contributed by atoms with Gasteiger partial charge in [-0.25, -0.2) is 0 Å². The Bertz CT molecular complexity index is 1100. The standard InChI is InChI=1S/3C10H10N2.Eu/c3*1-3-7-11(8-4-1)12-9-5-2-6-10-12;/h3*1-10H;/q3*+2;. The molecule has 6 rings (SSSR count). The average Bonchev–Trinajstić information content (AvgIpc) is 3.01. The van der Waals surface area contributed by atoms with E-state index in [1.807, 2.05) is 212 Å². The first-order valence-corrected chi connectivity index (χ1v) is 11.7. The van der Waals surface area contributed by atoms with E-state index in [-0.39, 0.29) is 49.4 Å². The van der Waals surface area contributed by atoms with Gasteiger partial charge in [-0.1, -0.05) is 0 Å². The summed E-state index contributed by atoms with van der Waals surface area (Å²) in [4.78, 5) is 0. The monoisotopic (exact) mass is 627 g/mol. The van der Waals surface area contributed by atoms with E-state index in [2.05, 4.69) is 0 Å². The molecule has 0 spiro atoms. The zero-order chi connectivity index (χ0) is 24.7. The molecule has 0 fully saturated rings. The van der Waals surface area contributed by atoms with Gasteiger partial charge in [0.2, 0.25) is 74.4 Å². The summed E-state index contributed by atoms with van der Waals surface area (Å²) in [6.45, 7) is 0. The van der Waals surface area contributed by atoms with Crippen molar-refractivity contribution in [3.8, 4) is 0 Å². The molecule has 181 valence electrons. The summed E-state index contributed by atoms with van der Waals surface area (Å²) in [7, 11) is 0. The molecular weight excluding hydrogens is 596 g/mol. The number of hydrogen-bond acceptors (Lipinski definition) is 0. The molecule has 0 N–H and O–H groups in total. The van der Waals surface area contributed by atoms with Crippen LogP contribution in [0.5, 0.6) is 0 Å². The quantitative estimate of drug-likeness (QED) is 0.268. The van der Waals surface area contributed by atoms with Crippen molar-refractivity contribution in [3.05, 3.63) is 184 Å². The molecule has 0 saturated carbocycles. The maximum absolute atomic E-state index is 2.00. The minimum absolute atomic E-state index is 0. The van der Waals surface area contributed by atoms with Crippen molar-refractivity contribution < 1.29 is 77.4 Å². The summed E-state index contributed by atoms with van der Waals surface area (Å²) in [5.74, 6) is 0. The summed E-state index contributed by atoms with van der Waals surface area (Å²) in [6, 6.07) is 36.0. The number of nitrogens with zero attached hydrogens (tertiary/aromatic N) is 6. The maximum atomic E-state index is 2.00. The van der Waals surface area contributed by atoms with Crippen LogP contribution in [0.3, 0.4) is 0 Å². The van der Waals surface area contributed by atoms with Crippen LogP contribution in [-0.4, -0.2) is 0 Å². The Kier molecular flexibility index (Phi) is 12.3. The minimum Gasteiger partial charge on any atom is -0.0499 e.